The fourth-order valence-corrected chi connectivity index (χ4v) is 3.40. The molecule has 0 spiro atoms. The molecule has 0 aliphatic rings. The van der Waals surface area contributed by atoms with E-state index in [0.29, 0.717) is 12.8 Å². The number of carbonyl (C=O) groups is 6. The molecule has 5 atom stereocenters. The highest BCUT2D eigenvalue weighted by molar-refractivity contribution is 5.96. The monoisotopic (exact) mass is 633 g/mol. The van der Waals surface area contributed by atoms with Gasteiger partial charge >= 0.3 is 18.1 Å². The van der Waals surface area contributed by atoms with Gasteiger partial charge in [-0.1, -0.05) is 64.4 Å². The third kappa shape index (κ3) is 15.9. The molecule has 44 heavy (non-hydrogen) atoms. The van der Waals surface area contributed by atoms with E-state index in [4.69, 9.17) is 26.1 Å². The van der Waals surface area contributed by atoms with E-state index in [9.17, 15) is 37.1 Å². The van der Waals surface area contributed by atoms with Gasteiger partial charge in [-0.05, 0) is 30.7 Å². The number of ether oxygens (including phenoxy) is 1. The van der Waals surface area contributed by atoms with Crippen LogP contribution in [0.2, 0.25) is 0 Å². The van der Waals surface area contributed by atoms with E-state index in [1.165, 1.54) is 6.92 Å². The summed E-state index contributed by atoms with van der Waals surface area (Å²) in [4.78, 5) is 71.6. The zero-order valence-electron chi connectivity index (χ0n) is 25.3. The third-order valence-corrected chi connectivity index (χ3v) is 6.13. The largest absolute Gasteiger partial charge is 0.490 e. The van der Waals surface area contributed by atoms with E-state index < -0.39 is 72.3 Å². The molecule has 1 aromatic rings. The van der Waals surface area contributed by atoms with Crippen molar-refractivity contribution in [1.82, 2.24) is 16.0 Å². The maximum atomic E-state index is 13.2. The van der Waals surface area contributed by atoms with Crippen LogP contribution in [0.5, 0.6) is 0 Å². The van der Waals surface area contributed by atoms with Gasteiger partial charge in [-0.3, -0.25) is 24.0 Å². The Morgan fingerprint density at radius 2 is 1.45 bits per heavy atom. The Morgan fingerprint density at radius 3 is 1.91 bits per heavy atom. The van der Waals surface area contributed by atoms with Gasteiger partial charge < -0.3 is 37.3 Å². The lowest BCUT2D eigenvalue weighted by atomic mass is 9.97. The number of nitrogens with two attached hydrogens (primary N) is 2. The fraction of sp³-hybridized carbons (Fsp3) is 0.571. The maximum Gasteiger partial charge on any atom is 0.490 e. The number of esters is 1. The van der Waals surface area contributed by atoms with Gasteiger partial charge in [-0.15, -0.1) is 0 Å². The number of amides is 4. The molecule has 248 valence electrons. The molecule has 0 saturated carbocycles. The second kappa shape index (κ2) is 19.1. The van der Waals surface area contributed by atoms with E-state index in [2.05, 4.69) is 16.0 Å². The number of carboxylic acids is 1. The van der Waals surface area contributed by atoms with Gasteiger partial charge in [-0.2, -0.15) is 13.2 Å². The van der Waals surface area contributed by atoms with E-state index in [0.717, 1.165) is 5.56 Å². The van der Waals surface area contributed by atoms with Crippen LogP contribution in [-0.4, -0.2) is 71.0 Å². The summed E-state index contributed by atoms with van der Waals surface area (Å²) in [5.41, 5.74) is 12.0. The highest BCUT2D eigenvalue weighted by atomic mass is 19.4. The molecule has 13 nitrogen and oxygen atoms in total. The molecule has 4 amide bonds. The number of rotatable bonds is 15. The summed E-state index contributed by atoms with van der Waals surface area (Å²) in [7, 11) is 0. The Kier molecular flexibility index (Phi) is 17.3. The predicted molar refractivity (Wildman–Crippen MR) is 152 cm³/mol. The summed E-state index contributed by atoms with van der Waals surface area (Å²) in [6.07, 6.45) is -4.65. The third-order valence-electron chi connectivity index (χ3n) is 6.13. The van der Waals surface area contributed by atoms with E-state index in [1.54, 1.807) is 31.2 Å². The molecule has 8 N–H and O–H groups in total. The standard InChI is InChI=1S/C26H41N5O6.C2HF3O2/c1-6-16(4)22(26(36)29-17(5)23(28)33)31-25(35)20(30-24(34)19(27)12-15(2)3)13-21(32)37-14-18-10-8-7-9-11-18;3-2(4,5)1(6)7/h7-11,15-17,19-20,22H,6,12-14,27H2,1-5H3,(H2,28,33)(H,29,36)(H,30,34)(H,31,35);(H,6,7). The predicted octanol–water partition coefficient (Wildman–Crippen LogP) is 1.13. The summed E-state index contributed by atoms with van der Waals surface area (Å²) >= 11 is 0. The summed E-state index contributed by atoms with van der Waals surface area (Å²) in [6, 6.07) is 4.79. The van der Waals surface area contributed by atoms with Crippen LogP contribution in [0.3, 0.4) is 0 Å². The zero-order chi connectivity index (χ0) is 34.2. The average molecular weight is 634 g/mol. The van der Waals surface area contributed by atoms with Crippen molar-refractivity contribution >= 4 is 35.6 Å². The molecule has 0 fully saturated rings. The second-order valence-corrected chi connectivity index (χ2v) is 10.5. The van der Waals surface area contributed by atoms with Crippen LogP contribution in [0.15, 0.2) is 30.3 Å². The number of nitrogens with one attached hydrogen (secondary N) is 3. The molecule has 0 aliphatic carbocycles. The highest BCUT2D eigenvalue weighted by Gasteiger charge is 2.38. The van der Waals surface area contributed by atoms with Gasteiger partial charge in [-0.25, -0.2) is 4.79 Å². The minimum Gasteiger partial charge on any atom is -0.475 e. The van der Waals surface area contributed by atoms with Crippen molar-refractivity contribution < 1.29 is 51.8 Å². The van der Waals surface area contributed by atoms with Crippen LogP contribution in [-0.2, 0) is 40.1 Å². The minimum absolute atomic E-state index is 0.00225. The van der Waals surface area contributed by atoms with Crippen LogP contribution in [0, 0.1) is 11.8 Å². The Balaban J connectivity index is 0.00000234. The summed E-state index contributed by atoms with van der Waals surface area (Å²) in [6.45, 7) is 8.82. The van der Waals surface area contributed by atoms with Crippen LogP contribution in [0.1, 0.15) is 59.4 Å². The van der Waals surface area contributed by atoms with Crippen LogP contribution < -0.4 is 27.4 Å². The van der Waals surface area contributed by atoms with Crippen molar-refractivity contribution in [2.75, 3.05) is 0 Å². The number of carboxylic acid groups (broad SMARTS) is 1. The normalized spacial score (nSPS) is 14.4. The van der Waals surface area contributed by atoms with Crippen molar-refractivity contribution in [3.05, 3.63) is 35.9 Å². The number of hydrogen-bond acceptors (Lipinski definition) is 8. The summed E-state index contributed by atoms with van der Waals surface area (Å²) < 4.78 is 37.0. The van der Waals surface area contributed by atoms with Gasteiger partial charge in [0.2, 0.25) is 23.6 Å². The zero-order valence-corrected chi connectivity index (χ0v) is 25.3. The molecule has 0 heterocycles. The molecule has 1 rings (SSSR count). The topological polar surface area (TPSA) is 220 Å². The minimum atomic E-state index is -5.08. The van der Waals surface area contributed by atoms with Crippen molar-refractivity contribution in [1.29, 1.82) is 0 Å². The number of benzene rings is 1. The first-order valence-electron chi connectivity index (χ1n) is 13.8. The summed E-state index contributed by atoms with van der Waals surface area (Å²) in [5.74, 6) is -6.36. The van der Waals surface area contributed by atoms with Crippen molar-refractivity contribution in [2.24, 2.45) is 23.3 Å². The average Bonchev–Trinajstić information content (AvgIpc) is 2.93. The lowest BCUT2D eigenvalue weighted by Crippen LogP contribution is -2.59. The van der Waals surface area contributed by atoms with Crippen LogP contribution in [0.4, 0.5) is 13.2 Å². The van der Waals surface area contributed by atoms with Crippen molar-refractivity contribution in [2.45, 2.75) is 90.8 Å². The molecule has 0 radical (unpaired) electrons. The first-order valence-corrected chi connectivity index (χ1v) is 13.8. The first kappa shape index (κ1) is 39.8. The molecule has 0 aliphatic heterocycles. The number of aliphatic carboxylic acids is 1. The number of halogens is 3. The smallest absolute Gasteiger partial charge is 0.475 e. The lowest BCUT2D eigenvalue weighted by Gasteiger charge is -2.27. The number of carbonyl (C=O) groups excluding carboxylic acids is 5. The van der Waals surface area contributed by atoms with Gasteiger partial charge in [0.15, 0.2) is 0 Å². The molecular weight excluding hydrogens is 591 g/mol. The van der Waals surface area contributed by atoms with Crippen LogP contribution in [0.25, 0.3) is 0 Å². The quantitative estimate of drug-likeness (QED) is 0.152. The second-order valence-electron chi connectivity index (χ2n) is 10.5. The molecule has 16 heteroatoms. The SMILES string of the molecule is CCC(C)C(NC(=O)C(CC(=O)OCc1ccccc1)NC(=O)C(N)CC(C)C)C(=O)NC(C)C(N)=O.O=C(O)C(F)(F)F. The van der Waals surface area contributed by atoms with Crippen molar-refractivity contribution in [3.63, 3.8) is 0 Å². The Labute approximate surface area is 253 Å². The van der Waals surface area contributed by atoms with E-state index >= 15 is 0 Å². The molecule has 0 bridgehead atoms. The van der Waals surface area contributed by atoms with Gasteiger partial charge in [0.05, 0.1) is 12.5 Å². The Morgan fingerprint density at radius 1 is 0.909 bits per heavy atom. The van der Waals surface area contributed by atoms with Crippen LogP contribution >= 0.6 is 0 Å². The molecule has 0 saturated heterocycles. The number of alkyl halides is 3. The van der Waals surface area contributed by atoms with Gasteiger partial charge in [0, 0.05) is 0 Å². The highest BCUT2D eigenvalue weighted by Crippen LogP contribution is 2.13. The van der Waals surface area contributed by atoms with E-state index in [-0.39, 0.29) is 18.4 Å². The Bertz CT molecular complexity index is 1120. The number of hydrogen-bond donors (Lipinski definition) is 6. The molecule has 5 unspecified atom stereocenters. The molecule has 0 aromatic heterocycles. The number of primary amides is 1. The van der Waals surface area contributed by atoms with Gasteiger partial charge in [0.25, 0.3) is 0 Å². The summed E-state index contributed by atoms with van der Waals surface area (Å²) in [5, 5.41) is 14.7. The Hall–Kier alpha value is -4.21. The lowest BCUT2D eigenvalue weighted by molar-refractivity contribution is -0.192. The van der Waals surface area contributed by atoms with Gasteiger partial charge in [0.1, 0.15) is 24.7 Å². The van der Waals surface area contributed by atoms with E-state index in [1.807, 2.05) is 26.8 Å². The fourth-order valence-electron chi connectivity index (χ4n) is 3.40. The first-order chi connectivity index (χ1) is 20.3. The molecular formula is C28H42F3N5O8. The molecule has 1 aromatic carbocycles. The van der Waals surface area contributed by atoms with Crippen molar-refractivity contribution in [3.8, 4) is 0 Å². The maximum absolute atomic E-state index is 13.2.